The molecule has 0 aliphatic carbocycles. The lowest BCUT2D eigenvalue weighted by molar-refractivity contribution is -0.0930. The quantitative estimate of drug-likeness (QED) is 0.433. The summed E-state index contributed by atoms with van der Waals surface area (Å²) in [6, 6.07) is 0. The molecule has 0 aliphatic heterocycles. The maximum atomic E-state index is 11.2. The van der Waals surface area contributed by atoms with Crippen LogP contribution in [-0.4, -0.2) is 28.5 Å². The van der Waals surface area contributed by atoms with Crippen molar-refractivity contribution in [3.05, 3.63) is 12.2 Å². The van der Waals surface area contributed by atoms with Crippen LogP contribution in [0.5, 0.6) is 0 Å². The van der Waals surface area contributed by atoms with Gasteiger partial charge in [-0.15, -0.1) is 6.58 Å². The molecule has 4 heteroatoms. The van der Waals surface area contributed by atoms with Crippen molar-refractivity contribution in [2.24, 2.45) is 0 Å². The zero-order valence-electron chi connectivity index (χ0n) is 9.33. The summed E-state index contributed by atoms with van der Waals surface area (Å²) in [6.07, 6.45) is -0.158. The Morgan fingerprint density at radius 1 is 1.50 bits per heavy atom. The van der Waals surface area contributed by atoms with Crippen LogP contribution < -0.4 is 0 Å². The SMILES string of the molecule is C=C(C)CCN(O)C(=O)OC(C)(C)C. The van der Waals surface area contributed by atoms with Gasteiger partial charge in [-0.2, -0.15) is 5.06 Å². The van der Waals surface area contributed by atoms with Crippen molar-refractivity contribution >= 4 is 6.09 Å². The van der Waals surface area contributed by atoms with E-state index in [2.05, 4.69) is 6.58 Å². The van der Waals surface area contributed by atoms with Crippen molar-refractivity contribution in [1.29, 1.82) is 0 Å². The molecule has 0 aromatic rings. The average Bonchev–Trinajstić information content (AvgIpc) is 1.96. The largest absolute Gasteiger partial charge is 0.442 e. The Bertz CT molecular complexity index is 218. The van der Waals surface area contributed by atoms with E-state index in [1.807, 2.05) is 6.92 Å². The first kappa shape index (κ1) is 13.0. The van der Waals surface area contributed by atoms with E-state index in [4.69, 9.17) is 4.74 Å². The van der Waals surface area contributed by atoms with E-state index in [1.165, 1.54) is 0 Å². The molecule has 0 atom stereocenters. The Morgan fingerprint density at radius 2 is 2.00 bits per heavy atom. The topological polar surface area (TPSA) is 49.8 Å². The molecule has 0 aromatic heterocycles. The van der Waals surface area contributed by atoms with Crippen molar-refractivity contribution in [3.8, 4) is 0 Å². The highest BCUT2D eigenvalue weighted by atomic mass is 16.6. The molecule has 0 bridgehead atoms. The van der Waals surface area contributed by atoms with E-state index in [0.717, 1.165) is 5.57 Å². The number of carbonyl (C=O) groups is 1. The fourth-order valence-electron chi connectivity index (χ4n) is 0.703. The zero-order chi connectivity index (χ0) is 11.4. The van der Waals surface area contributed by atoms with Crippen molar-refractivity contribution in [3.63, 3.8) is 0 Å². The maximum absolute atomic E-state index is 11.2. The van der Waals surface area contributed by atoms with Crippen LogP contribution in [0.3, 0.4) is 0 Å². The Hall–Kier alpha value is -1.03. The summed E-state index contributed by atoms with van der Waals surface area (Å²) in [5.41, 5.74) is 0.328. The number of ether oxygens (including phenoxy) is 1. The lowest BCUT2D eigenvalue weighted by Crippen LogP contribution is -2.35. The summed E-state index contributed by atoms with van der Waals surface area (Å²) in [6.45, 7) is 11.0. The Morgan fingerprint density at radius 3 is 2.36 bits per heavy atom. The van der Waals surface area contributed by atoms with Gasteiger partial charge in [-0.3, -0.25) is 5.21 Å². The van der Waals surface area contributed by atoms with Crippen molar-refractivity contribution in [1.82, 2.24) is 5.06 Å². The number of amides is 1. The van der Waals surface area contributed by atoms with Gasteiger partial charge in [-0.1, -0.05) is 5.57 Å². The van der Waals surface area contributed by atoms with Crippen LogP contribution in [0.25, 0.3) is 0 Å². The van der Waals surface area contributed by atoms with Gasteiger partial charge in [0.05, 0.1) is 6.54 Å². The van der Waals surface area contributed by atoms with Crippen molar-refractivity contribution in [2.45, 2.75) is 39.7 Å². The van der Waals surface area contributed by atoms with Gasteiger partial charge in [-0.25, -0.2) is 4.79 Å². The standard InChI is InChI=1S/C10H19NO3/c1-8(2)6-7-11(13)9(12)14-10(3,4)5/h13H,1,6-7H2,2-5H3. The Balaban J connectivity index is 3.94. The van der Waals surface area contributed by atoms with Gasteiger partial charge >= 0.3 is 6.09 Å². The molecule has 0 aliphatic rings. The van der Waals surface area contributed by atoms with Crippen LogP contribution >= 0.6 is 0 Å². The molecule has 0 saturated heterocycles. The number of hydroxylamine groups is 2. The molecule has 0 saturated carbocycles. The molecule has 14 heavy (non-hydrogen) atoms. The maximum Gasteiger partial charge on any atom is 0.434 e. The summed E-state index contributed by atoms with van der Waals surface area (Å²) >= 11 is 0. The lowest BCUT2D eigenvalue weighted by Gasteiger charge is -2.23. The van der Waals surface area contributed by atoms with E-state index in [9.17, 15) is 10.0 Å². The van der Waals surface area contributed by atoms with Crippen LogP contribution in [0.15, 0.2) is 12.2 Å². The van der Waals surface area contributed by atoms with Crippen LogP contribution in [0, 0.1) is 0 Å². The number of nitrogens with zero attached hydrogens (tertiary/aromatic N) is 1. The molecule has 0 rings (SSSR count). The molecule has 0 radical (unpaired) electrons. The highest BCUT2D eigenvalue weighted by Gasteiger charge is 2.20. The molecule has 82 valence electrons. The molecular formula is C10H19NO3. The number of rotatable bonds is 3. The predicted molar refractivity (Wildman–Crippen MR) is 54.2 cm³/mol. The molecule has 4 nitrogen and oxygen atoms in total. The molecule has 0 aromatic carbocycles. The highest BCUT2D eigenvalue weighted by Crippen LogP contribution is 2.09. The normalized spacial score (nSPS) is 10.9. The van der Waals surface area contributed by atoms with Gasteiger partial charge in [0, 0.05) is 0 Å². The third kappa shape index (κ3) is 6.48. The first-order valence-corrected chi connectivity index (χ1v) is 4.56. The van der Waals surface area contributed by atoms with Gasteiger partial charge in [0.2, 0.25) is 0 Å². The van der Waals surface area contributed by atoms with E-state index in [1.54, 1.807) is 20.8 Å². The first-order valence-electron chi connectivity index (χ1n) is 4.56. The lowest BCUT2D eigenvalue weighted by atomic mass is 10.2. The van der Waals surface area contributed by atoms with Crippen LogP contribution in [0.2, 0.25) is 0 Å². The molecule has 0 heterocycles. The zero-order valence-corrected chi connectivity index (χ0v) is 9.33. The van der Waals surface area contributed by atoms with Gasteiger partial charge in [-0.05, 0) is 34.1 Å². The minimum atomic E-state index is -0.723. The summed E-state index contributed by atoms with van der Waals surface area (Å²) < 4.78 is 4.94. The minimum Gasteiger partial charge on any atom is -0.442 e. The summed E-state index contributed by atoms with van der Waals surface area (Å²) in [4.78, 5) is 11.2. The van der Waals surface area contributed by atoms with Gasteiger partial charge in [0.1, 0.15) is 5.60 Å². The first-order chi connectivity index (χ1) is 6.22. The Labute approximate surface area is 85.1 Å². The monoisotopic (exact) mass is 201 g/mol. The highest BCUT2D eigenvalue weighted by molar-refractivity contribution is 5.66. The Kier molecular flexibility index (Phi) is 4.63. The van der Waals surface area contributed by atoms with E-state index in [0.29, 0.717) is 11.5 Å². The summed E-state index contributed by atoms with van der Waals surface area (Å²) in [5, 5.41) is 9.82. The molecule has 1 N–H and O–H groups in total. The smallest absolute Gasteiger partial charge is 0.434 e. The molecular weight excluding hydrogens is 182 g/mol. The number of hydrogen-bond acceptors (Lipinski definition) is 3. The third-order valence-corrected chi connectivity index (χ3v) is 1.35. The van der Waals surface area contributed by atoms with Gasteiger partial charge in [0.25, 0.3) is 0 Å². The number of hydrogen-bond donors (Lipinski definition) is 1. The molecule has 1 amide bonds. The summed E-state index contributed by atoms with van der Waals surface area (Å²) in [7, 11) is 0. The predicted octanol–water partition coefficient (Wildman–Crippen LogP) is 2.58. The minimum absolute atomic E-state index is 0.213. The second kappa shape index (κ2) is 5.00. The van der Waals surface area contributed by atoms with E-state index < -0.39 is 11.7 Å². The average molecular weight is 201 g/mol. The van der Waals surface area contributed by atoms with Gasteiger partial charge < -0.3 is 4.74 Å². The molecule has 0 spiro atoms. The van der Waals surface area contributed by atoms with Gasteiger partial charge in [0.15, 0.2) is 0 Å². The van der Waals surface area contributed by atoms with Crippen LogP contribution in [-0.2, 0) is 4.74 Å². The second-order valence-corrected chi connectivity index (χ2v) is 4.31. The van der Waals surface area contributed by atoms with E-state index >= 15 is 0 Å². The fourth-order valence-corrected chi connectivity index (χ4v) is 0.703. The van der Waals surface area contributed by atoms with Crippen LogP contribution in [0.4, 0.5) is 4.79 Å². The fraction of sp³-hybridized carbons (Fsp3) is 0.700. The summed E-state index contributed by atoms with van der Waals surface area (Å²) in [5.74, 6) is 0. The third-order valence-electron chi connectivity index (χ3n) is 1.35. The number of carbonyl (C=O) groups excluding carboxylic acids is 1. The molecule has 0 fully saturated rings. The van der Waals surface area contributed by atoms with Crippen molar-refractivity contribution in [2.75, 3.05) is 6.54 Å². The van der Waals surface area contributed by atoms with Crippen LogP contribution in [0.1, 0.15) is 34.1 Å². The van der Waals surface area contributed by atoms with E-state index in [-0.39, 0.29) is 6.54 Å². The van der Waals surface area contributed by atoms with Crippen molar-refractivity contribution < 1.29 is 14.7 Å². The molecule has 0 unspecified atom stereocenters. The second-order valence-electron chi connectivity index (χ2n) is 4.31.